The van der Waals surface area contributed by atoms with Gasteiger partial charge in [0.05, 0.1) is 19.4 Å². The van der Waals surface area contributed by atoms with Crippen LogP contribution in [0.25, 0.3) is 0 Å². The summed E-state index contributed by atoms with van der Waals surface area (Å²) in [7, 11) is 0. The van der Waals surface area contributed by atoms with Crippen molar-refractivity contribution in [2.24, 2.45) is 16.6 Å². The maximum absolute atomic E-state index is 13.5. The van der Waals surface area contributed by atoms with Crippen molar-refractivity contribution in [2.45, 2.75) is 38.0 Å². The van der Waals surface area contributed by atoms with Crippen LogP contribution in [-0.4, -0.2) is 54.4 Å². The lowest BCUT2D eigenvalue weighted by molar-refractivity contribution is -0.949. The van der Waals surface area contributed by atoms with Crippen LogP contribution in [0.3, 0.4) is 0 Å². The van der Waals surface area contributed by atoms with Crippen LogP contribution in [0, 0.1) is 5.92 Å². The van der Waals surface area contributed by atoms with Gasteiger partial charge < -0.3 is 20.9 Å². The average molecular weight is 435 g/mol. The normalized spacial score (nSPS) is 24.5. The second-order valence-corrected chi connectivity index (χ2v) is 8.86. The first-order valence-corrected chi connectivity index (χ1v) is 11.3. The van der Waals surface area contributed by atoms with E-state index >= 15 is 0 Å². The molecule has 7 nitrogen and oxygen atoms in total. The van der Waals surface area contributed by atoms with Gasteiger partial charge in [0.2, 0.25) is 6.04 Å². The van der Waals surface area contributed by atoms with Crippen molar-refractivity contribution < 1.29 is 14.1 Å². The monoisotopic (exact) mass is 434 g/mol. The molecule has 0 aromatic heterocycles. The maximum Gasteiger partial charge on any atom is 0.288 e. The highest BCUT2D eigenvalue weighted by Crippen LogP contribution is 2.37. The molecule has 0 saturated carbocycles. The molecule has 32 heavy (non-hydrogen) atoms. The smallest absolute Gasteiger partial charge is 0.288 e. The lowest BCUT2D eigenvalue weighted by Gasteiger charge is -2.53. The highest BCUT2D eigenvalue weighted by Gasteiger charge is 2.54. The number of benzene rings is 2. The highest BCUT2D eigenvalue weighted by atomic mass is 16.2. The lowest BCUT2D eigenvalue weighted by Crippen LogP contribution is -2.73. The van der Waals surface area contributed by atoms with E-state index < -0.39 is 6.04 Å². The summed E-state index contributed by atoms with van der Waals surface area (Å²) in [6.45, 7) is 3.08. The van der Waals surface area contributed by atoms with Gasteiger partial charge in [0, 0.05) is 25.9 Å². The van der Waals surface area contributed by atoms with Gasteiger partial charge >= 0.3 is 0 Å². The molecule has 0 aliphatic carbocycles. The van der Waals surface area contributed by atoms with E-state index in [2.05, 4.69) is 15.6 Å². The predicted octanol–water partition coefficient (Wildman–Crippen LogP) is 1.58. The quantitative estimate of drug-likeness (QED) is 0.255. The van der Waals surface area contributed by atoms with E-state index in [1.807, 2.05) is 60.7 Å². The second-order valence-electron chi connectivity index (χ2n) is 8.86. The number of aliphatic imine (C=N–C) groups is 1. The summed E-state index contributed by atoms with van der Waals surface area (Å²) < 4.78 is 0.444. The minimum atomic E-state index is -0.806. The third-order valence-electron chi connectivity index (χ3n) is 6.93. The number of carbonyl (C=O) groups is 2. The number of quaternary nitrogens is 1. The molecule has 2 amide bonds. The van der Waals surface area contributed by atoms with E-state index in [0.29, 0.717) is 30.0 Å². The fraction of sp³-hybridized carbons (Fsp3) is 0.400. The molecule has 1 unspecified atom stereocenters. The molecule has 3 saturated heterocycles. The zero-order valence-corrected chi connectivity index (χ0v) is 18.3. The molecule has 5 rings (SSSR count). The Labute approximate surface area is 189 Å². The Morgan fingerprint density at radius 2 is 1.44 bits per heavy atom. The van der Waals surface area contributed by atoms with Crippen molar-refractivity contribution in [3.05, 3.63) is 71.8 Å². The molecule has 2 aromatic rings. The Hall–Kier alpha value is -3.19. The van der Waals surface area contributed by atoms with E-state index in [-0.39, 0.29) is 17.9 Å². The molecular formula is C25H32N5O2+. The standard InChI is InChI=1S/C25H31N5O2/c26-18-29-22-17-30(13-11-21(22)12-14-30)23(24(31)27-15-19-7-3-1-4-8-19)25(32)28-16-20-9-5-2-6-10-20/h1-10,18,21-23H,11-17H2,(H3-,26,27,28,29,31,32)/p+1. The number of nitrogens with zero attached hydrogens (tertiary/aromatic N) is 2. The van der Waals surface area contributed by atoms with Crippen LogP contribution >= 0.6 is 0 Å². The highest BCUT2D eigenvalue weighted by molar-refractivity contribution is 6.03. The summed E-state index contributed by atoms with van der Waals surface area (Å²) in [5, 5.41) is 6.04. The summed E-state index contributed by atoms with van der Waals surface area (Å²) in [5.41, 5.74) is 7.61. The average Bonchev–Trinajstić information content (AvgIpc) is 2.84. The second kappa shape index (κ2) is 9.96. The van der Waals surface area contributed by atoms with E-state index in [0.717, 1.165) is 37.1 Å². The molecule has 4 N–H and O–H groups in total. The summed E-state index contributed by atoms with van der Waals surface area (Å²) >= 11 is 0. The summed E-state index contributed by atoms with van der Waals surface area (Å²) in [6, 6.07) is 18.8. The topological polar surface area (TPSA) is 96.6 Å². The van der Waals surface area contributed by atoms with Crippen molar-refractivity contribution in [2.75, 3.05) is 19.6 Å². The molecule has 7 heteroatoms. The summed E-state index contributed by atoms with van der Waals surface area (Å²) in [4.78, 5) is 31.4. The van der Waals surface area contributed by atoms with Crippen LogP contribution < -0.4 is 16.4 Å². The van der Waals surface area contributed by atoms with Crippen LogP contribution in [-0.2, 0) is 22.7 Å². The maximum atomic E-state index is 13.5. The molecule has 0 radical (unpaired) electrons. The summed E-state index contributed by atoms with van der Waals surface area (Å²) in [5.74, 6) is 0.0284. The van der Waals surface area contributed by atoms with Gasteiger partial charge in [-0.25, -0.2) is 0 Å². The van der Waals surface area contributed by atoms with Gasteiger partial charge in [-0.15, -0.1) is 0 Å². The molecule has 2 aromatic carbocycles. The minimum absolute atomic E-state index is 0.0637. The van der Waals surface area contributed by atoms with Gasteiger partial charge in [-0.2, -0.15) is 0 Å². The van der Waals surface area contributed by atoms with Crippen LogP contribution in [0.15, 0.2) is 65.7 Å². The lowest BCUT2D eigenvalue weighted by atomic mass is 9.80. The summed E-state index contributed by atoms with van der Waals surface area (Å²) in [6.07, 6.45) is 3.27. The Morgan fingerprint density at radius 1 is 0.938 bits per heavy atom. The predicted molar refractivity (Wildman–Crippen MR) is 124 cm³/mol. The van der Waals surface area contributed by atoms with Crippen molar-refractivity contribution in [3.8, 4) is 0 Å². The number of nitrogens with two attached hydrogens (primary N) is 1. The van der Waals surface area contributed by atoms with Crippen molar-refractivity contribution in [1.29, 1.82) is 0 Å². The van der Waals surface area contributed by atoms with Crippen LogP contribution in [0.4, 0.5) is 0 Å². The van der Waals surface area contributed by atoms with E-state index in [1.54, 1.807) is 0 Å². The molecule has 3 aliphatic heterocycles. The minimum Gasteiger partial charge on any atom is -0.390 e. The number of piperidine rings is 3. The number of hydrogen-bond acceptors (Lipinski definition) is 3. The molecular weight excluding hydrogens is 402 g/mol. The molecule has 0 spiro atoms. The zero-order chi connectivity index (χ0) is 22.4. The van der Waals surface area contributed by atoms with E-state index in [9.17, 15) is 9.59 Å². The van der Waals surface area contributed by atoms with Crippen molar-refractivity contribution >= 4 is 18.2 Å². The number of nitrogens with one attached hydrogen (secondary N) is 2. The van der Waals surface area contributed by atoms with Crippen LogP contribution in [0.1, 0.15) is 24.0 Å². The molecule has 3 heterocycles. The van der Waals surface area contributed by atoms with Gasteiger partial charge in [-0.05, 0) is 17.0 Å². The number of amides is 2. The van der Waals surface area contributed by atoms with Crippen molar-refractivity contribution in [1.82, 2.24) is 10.6 Å². The largest absolute Gasteiger partial charge is 0.390 e. The first-order valence-electron chi connectivity index (χ1n) is 11.3. The van der Waals surface area contributed by atoms with Gasteiger partial charge in [-0.3, -0.25) is 14.6 Å². The molecule has 3 fully saturated rings. The zero-order valence-electron chi connectivity index (χ0n) is 18.3. The van der Waals surface area contributed by atoms with Gasteiger partial charge in [-0.1, -0.05) is 60.7 Å². The van der Waals surface area contributed by atoms with E-state index in [4.69, 9.17) is 5.73 Å². The number of rotatable bonds is 8. The van der Waals surface area contributed by atoms with E-state index in [1.165, 1.54) is 6.34 Å². The number of hydrogen-bond donors (Lipinski definition) is 3. The fourth-order valence-electron chi connectivity index (χ4n) is 5.21. The third kappa shape index (κ3) is 4.83. The Balaban J connectivity index is 1.54. The third-order valence-corrected chi connectivity index (χ3v) is 6.93. The molecule has 168 valence electrons. The van der Waals surface area contributed by atoms with Crippen LogP contribution in [0.2, 0.25) is 0 Å². The molecule has 1 atom stereocenters. The molecule has 3 aliphatic rings. The number of fused-ring (bicyclic) bond motifs is 3. The first-order chi connectivity index (χ1) is 15.6. The Morgan fingerprint density at radius 3 is 1.91 bits per heavy atom. The first kappa shape index (κ1) is 22.0. The molecule has 2 bridgehead atoms. The van der Waals surface area contributed by atoms with Gasteiger partial charge in [0.1, 0.15) is 12.6 Å². The van der Waals surface area contributed by atoms with Crippen LogP contribution in [0.5, 0.6) is 0 Å². The van der Waals surface area contributed by atoms with Gasteiger partial charge in [0.15, 0.2) is 0 Å². The van der Waals surface area contributed by atoms with Crippen molar-refractivity contribution in [3.63, 3.8) is 0 Å². The Kier molecular flexibility index (Phi) is 6.85. The number of carbonyl (C=O) groups excluding carboxylic acids is 2. The fourth-order valence-corrected chi connectivity index (χ4v) is 5.21. The van der Waals surface area contributed by atoms with Gasteiger partial charge in [0.25, 0.3) is 11.8 Å². The SMILES string of the molecule is NC=NC1C[N+]2(C(C(=O)NCc3ccccc3)C(=O)NCc3ccccc3)CCC1CC2. The Bertz CT molecular complexity index is 884.